The van der Waals surface area contributed by atoms with E-state index in [0.29, 0.717) is 37.6 Å². The van der Waals surface area contributed by atoms with E-state index >= 15 is 0 Å². The number of aromatic nitrogens is 1. The fraction of sp³-hybridized carbons (Fsp3) is 0.348. The van der Waals surface area contributed by atoms with Gasteiger partial charge in [0.05, 0.1) is 0 Å². The first-order valence-corrected chi connectivity index (χ1v) is 10.5. The van der Waals surface area contributed by atoms with Crippen LogP contribution in [-0.2, 0) is 6.54 Å². The van der Waals surface area contributed by atoms with Crippen LogP contribution in [-0.4, -0.2) is 66.2 Å². The molecule has 2 N–H and O–H groups in total. The number of carbonyl (C=O) groups excluding carboxylic acids is 2. The first kappa shape index (κ1) is 20.9. The molecule has 8 nitrogen and oxygen atoms in total. The summed E-state index contributed by atoms with van der Waals surface area (Å²) in [5, 5.41) is 12.0. The van der Waals surface area contributed by atoms with Gasteiger partial charge in [0.1, 0.15) is 5.76 Å². The predicted octanol–water partition coefficient (Wildman–Crippen LogP) is 2.39. The van der Waals surface area contributed by atoms with Gasteiger partial charge in [-0.15, -0.1) is 0 Å². The van der Waals surface area contributed by atoms with Crippen molar-refractivity contribution in [3.63, 3.8) is 0 Å². The van der Waals surface area contributed by atoms with Crippen LogP contribution in [0.25, 0.3) is 10.8 Å². The van der Waals surface area contributed by atoms with Crippen LogP contribution in [0, 0.1) is 6.92 Å². The maximum atomic E-state index is 12.4. The van der Waals surface area contributed by atoms with E-state index in [9.17, 15) is 9.59 Å². The molecule has 0 aliphatic carbocycles. The van der Waals surface area contributed by atoms with E-state index in [0.717, 1.165) is 30.6 Å². The highest BCUT2D eigenvalue weighted by molar-refractivity contribution is 5.92. The summed E-state index contributed by atoms with van der Waals surface area (Å²) < 4.78 is 4.99. The van der Waals surface area contributed by atoms with E-state index in [2.05, 4.69) is 38.9 Å². The Labute approximate surface area is 181 Å². The second-order valence-corrected chi connectivity index (χ2v) is 7.70. The van der Waals surface area contributed by atoms with Gasteiger partial charge in [0.15, 0.2) is 5.69 Å². The summed E-state index contributed by atoms with van der Waals surface area (Å²) in [5.74, 6) is 0.536. The number of urea groups is 1. The summed E-state index contributed by atoms with van der Waals surface area (Å²) in [7, 11) is 0. The van der Waals surface area contributed by atoms with Crippen molar-refractivity contribution >= 4 is 22.7 Å². The number of carbonyl (C=O) groups is 2. The molecule has 0 radical (unpaired) electrons. The number of aryl methyl sites for hydroxylation is 1. The van der Waals surface area contributed by atoms with Gasteiger partial charge >= 0.3 is 6.03 Å². The number of hydrogen-bond donors (Lipinski definition) is 2. The second-order valence-electron chi connectivity index (χ2n) is 7.70. The van der Waals surface area contributed by atoms with Crippen molar-refractivity contribution < 1.29 is 14.1 Å². The van der Waals surface area contributed by atoms with Crippen molar-refractivity contribution in [1.82, 2.24) is 25.6 Å². The number of nitrogens with one attached hydrogen (secondary N) is 2. The molecule has 2 aromatic carbocycles. The molecular formula is C23H27N5O3. The van der Waals surface area contributed by atoms with Crippen LogP contribution in [0.5, 0.6) is 0 Å². The number of rotatable bonds is 6. The lowest BCUT2D eigenvalue weighted by Crippen LogP contribution is -2.50. The van der Waals surface area contributed by atoms with Crippen LogP contribution in [0.4, 0.5) is 4.79 Å². The Morgan fingerprint density at radius 1 is 1.03 bits per heavy atom. The minimum Gasteiger partial charge on any atom is -0.361 e. The molecule has 0 atom stereocenters. The monoisotopic (exact) mass is 421 g/mol. The lowest BCUT2D eigenvalue weighted by atomic mass is 10.0. The number of fused-ring (bicyclic) bond motifs is 1. The molecule has 1 saturated heterocycles. The summed E-state index contributed by atoms with van der Waals surface area (Å²) >= 11 is 0. The summed E-state index contributed by atoms with van der Waals surface area (Å²) in [6.45, 7) is 6.35. The molecule has 1 aromatic heterocycles. The molecule has 1 aliphatic rings. The first-order valence-electron chi connectivity index (χ1n) is 10.5. The normalized spacial score (nSPS) is 14.5. The van der Waals surface area contributed by atoms with Crippen molar-refractivity contribution in [2.75, 3.05) is 39.3 Å². The van der Waals surface area contributed by atoms with Crippen molar-refractivity contribution in [1.29, 1.82) is 0 Å². The van der Waals surface area contributed by atoms with Gasteiger partial charge in [0.25, 0.3) is 5.91 Å². The number of amides is 3. The number of hydrogen-bond acceptors (Lipinski definition) is 5. The molecule has 3 amide bonds. The molecule has 31 heavy (non-hydrogen) atoms. The van der Waals surface area contributed by atoms with Crippen molar-refractivity contribution in [2.24, 2.45) is 0 Å². The quantitative estimate of drug-likeness (QED) is 0.638. The minimum atomic E-state index is -0.178. The lowest BCUT2D eigenvalue weighted by molar-refractivity contribution is 0.0629. The zero-order chi connectivity index (χ0) is 21.6. The molecule has 1 aliphatic heterocycles. The van der Waals surface area contributed by atoms with Crippen molar-refractivity contribution in [3.05, 3.63) is 65.5 Å². The third kappa shape index (κ3) is 5.21. The Morgan fingerprint density at radius 2 is 1.81 bits per heavy atom. The van der Waals surface area contributed by atoms with Crippen molar-refractivity contribution in [2.45, 2.75) is 13.5 Å². The average molecular weight is 422 g/mol. The summed E-state index contributed by atoms with van der Waals surface area (Å²) in [6, 6.07) is 15.7. The molecule has 3 aromatic rings. The van der Waals surface area contributed by atoms with E-state index in [1.165, 1.54) is 5.39 Å². The Bertz CT molecular complexity index is 1050. The van der Waals surface area contributed by atoms with E-state index in [1.54, 1.807) is 17.9 Å². The van der Waals surface area contributed by atoms with Gasteiger partial charge in [0.2, 0.25) is 0 Å². The molecule has 0 unspecified atom stereocenters. The molecule has 0 saturated carbocycles. The topological polar surface area (TPSA) is 90.7 Å². The van der Waals surface area contributed by atoms with Gasteiger partial charge in [-0.3, -0.25) is 9.69 Å². The molecule has 8 heteroatoms. The Balaban J connectivity index is 1.16. The fourth-order valence-electron chi connectivity index (χ4n) is 3.82. The zero-order valence-electron chi connectivity index (χ0n) is 17.6. The second kappa shape index (κ2) is 9.61. The lowest BCUT2D eigenvalue weighted by Gasteiger charge is -2.34. The van der Waals surface area contributed by atoms with Crippen LogP contribution in [0.2, 0.25) is 0 Å². The largest absolute Gasteiger partial charge is 0.361 e. The highest BCUT2D eigenvalue weighted by Gasteiger charge is 2.24. The maximum absolute atomic E-state index is 12.4. The first-order chi connectivity index (χ1) is 15.1. The number of benzene rings is 2. The van der Waals surface area contributed by atoms with E-state index in [4.69, 9.17) is 4.52 Å². The molecule has 2 heterocycles. The van der Waals surface area contributed by atoms with Gasteiger partial charge in [0, 0.05) is 51.9 Å². The Hall–Kier alpha value is -3.39. The van der Waals surface area contributed by atoms with Crippen LogP contribution in [0.1, 0.15) is 21.8 Å². The van der Waals surface area contributed by atoms with Crippen LogP contribution >= 0.6 is 0 Å². The predicted molar refractivity (Wildman–Crippen MR) is 118 cm³/mol. The molecule has 162 valence electrons. The van der Waals surface area contributed by atoms with Crippen LogP contribution in [0.15, 0.2) is 53.1 Å². The highest BCUT2D eigenvalue weighted by Crippen LogP contribution is 2.18. The molecule has 1 fully saturated rings. The smallest absolute Gasteiger partial charge is 0.315 e. The maximum Gasteiger partial charge on any atom is 0.315 e. The molecule has 0 spiro atoms. The minimum absolute atomic E-state index is 0.0950. The number of piperazine rings is 1. The summed E-state index contributed by atoms with van der Waals surface area (Å²) in [4.78, 5) is 28.6. The van der Waals surface area contributed by atoms with Gasteiger partial charge in [-0.1, -0.05) is 47.6 Å². The molecule has 0 bridgehead atoms. The van der Waals surface area contributed by atoms with Gasteiger partial charge in [-0.05, 0) is 23.3 Å². The van der Waals surface area contributed by atoms with Gasteiger partial charge < -0.3 is 20.1 Å². The van der Waals surface area contributed by atoms with Gasteiger partial charge in [-0.2, -0.15) is 0 Å². The number of nitrogens with zero attached hydrogens (tertiary/aromatic N) is 3. The van der Waals surface area contributed by atoms with Crippen LogP contribution in [0.3, 0.4) is 0 Å². The summed E-state index contributed by atoms with van der Waals surface area (Å²) in [6.07, 6.45) is 0. The van der Waals surface area contributed by atoms with Crippen LogP contribution < -0.4 is 10.6 Å². The van der Waals surface area contributed by atoms with E-state index in [1.807, 2.05) is 24.3 Å². The standard InChI is InChI=1S/C23H27N5O3/c1-17-15-21(26-31-17)22(29)28-13-11-27(12-14-28)10-9-24-23(30)25-16-19-7-4-6-18-5-2-3-8-20(18)19/h2-8,15H,9-14,16H2,1H3,(H2,24,25,30). The van der Waals surface area contributed by atoms with Crippen molar-refractivity contribution in [3.8, 4) is 0 Å². The van der Waals surface area contributed by atoms with E-state index < -0.39 is 0 Å². The molecular weight excluding hydrogens is 394 g/mol. The Morgan fingerprint density at radius 3 is 2.58 bits per heavy atom. The summed E-state index contributed by atoms with van der Waals surface area (Å²) in [5.41, 5.74) is 1.45. The highest BCUT2D eigenvalue weighted by atomic mass is 16.5. The SMILES string of the molecule is Cc1cc(C(=O)N2CCN(CCNC(=O)NCc3cccc4ccccc34)CC2)no1. The third-order valence-electron chi connectivity index (χ3n) is 5.54. The van der Waals surface area contributed by atoms with E-state index in [-0.39, 0.29) is 11.9 Å². The average Bonchev–Trinajstić information content (AvgIpc) is 3.24. The van der Waals surface area contributed by atoms with Gasteiger partial charge in [-0.25, -0.2) is 4.79 Å². The Kier molecular flexibility index (Phi) is 6.47. The zero-order valence-corrected chi connectivity index (χ0v) is 17.6. The third-order valence-corrected chi connectivity index (χ3v) is 5.54. The fourth-order valence-corrected chi connectivity index (χ4v) is 3.82. The molecule has 4 rings (SSSR count).